The molecule has 0 bridgehead atoms. The maximum atomic E-state index is 13.1. The molecule has 0 aromatic heterocycles. The average molecular weight is 439 g/mol. The van der Waals surface area contributed by atoms with Crippen LogP contribution in [0.5, 0.6) is 11.5 Å². The molecule has 1 unspecified atom stereocenters. The van der Waals surface area contributed by atoms with Gasteiger partial charge in [0.1, 0.15) is 17.3 Å². The number of hydrogen-bond donors (Lipinski definition) is 1. The van der Waals surface area contributed by atoms with Gasteiger partial charge < -0.3 is 24.4 Å². The van der Waals surface area contributed by atoms with Crippen LogP contribution in [0.25, 0.3) is 5.76 Å². The summed E-state index contributed by atoms with van der Waals surface area (Å²) in [4.78, 5) is 29.7. The first-order valence-corrected chi connectivity index (χ1v) is 10.7. The monoisotopic (exact) mass is 438 g/mol. The van der Waals surface area contributed by atoms with Crippen molar-refractivity contribution in [2.24, 2.45) is 0 Å². The summed E-state index contributed by atoms with van der Waals surface area (Å²) in [6, 6.07) is 13.4. The molecule has 7 heteroatoms. The van der Waals surface area contributed by atoms with Gasteiger partial charge in [0.05, 0.1) is 25.3 Å². The second-order valence-electron chi connectivity index (χ2n) is 7.89. The standard InChI is InChI=1S/C25H30N2O5/c1-5-32-20-12-7-10-18(16-20)23(28)21-22(17-9-6-11-19(15-17)31-4)27(25(30)24(21)29)14-8-13-26(2)3/h6-7,9-12,15-16,22,28H,5,8,13-14H2,1-4H3/b23-21-. The molecular weight excluding hydrogens is 408 g/mol. The summed E-state index contributed by atoms with van der Waals surface area (Å²) in [5.74, 6) is -0.330. The van der Waals surface area contributed by atoms with E-state index in [0.29, 0.717) is 42.2 Å². The average Bonchev–Trinajstić information content (AvgIpc) is 3.04. The normalized spacial score (nSPS) is 17.8. The van der Waals surface area contributed by atoms with E-state index in [0.717, 1.165) is 6.54 Å². The zero-order valence-electron chi connectivity index (χ0n) is 19.0. The Balaban J connectivity index is 2.10. The van der Waals surface area contributed by atoms with Gasteiger partial charge in [-0.1, -0.05) is 24.3 Å². The smallest absolute Gasteiger partial charge is 0.295 e. The Morgan fingerprint density at radius 2 is 1.81 bits per heavy atom. The third-order valence-corrected chi connectivity index (χ3v) is 5.37. The minimum absolute atomic E-state index is 0.0711. The lowest BCUT2D eigenvalue weighted by Crippen LogP contribution is -2.32. The van der Waals surface area contributed by atoms with Crippen molar-refractivity contribution in [1.82, 2.24) is 9.80 Å². The Hall–Kier alpha value is -3.32. The van der Waals surface area contributed by atoms with Gasteiger partial charge in [0.25, 0.3) is 11.7 Å². The summed E-state index contributed by atoms with van der Waals surface area (Å²) in [6.45, 7) is 3.50. The number of hydrogen-bond acceptors (Lipinski definition) is 6. The van der Waals surface area contributed by atoms with Gasteiger partial charge in [-0.3, -0.25) is 9.59 Å². The van der Waals surface area contributed by atoms with Crippen LogP contribution in [0.1, 0.15) is 30.5 Å². The summed E-state index contributed by atoms with van der Waals surface area (Å²) in [5, 5.41) is 11.2. The van der Waals surface area contributed by atoms with Crippen LogP contribution in [0.4, 0.5) is 0 Å². The fourth-order valence-corrected chi connectivity index (χ4v) is 3.88. The van der Waals surface area contributed by atoms with Crippen molar-refractivity contribution in [3.05, 3.63) is 65.2 Å². The van der Waals surface area contributed by atoms with Crippen LogP contribution in [0, 0.1) is 0 Å². The number of carbonyl (C=O) groups excluding carboxylic acids is 2. The van der Waals surface area contributed by atoms with Crippen LogP contribution in [-0.4, -0.2) is 67.5 Å². The lowest BCUT2D eigenvalue weighted by molar-refractivity contribution is -0.139. The number of aliphatic hydroxyl groups is 1. The maximum absolute atomic E-state index is 13.1. The fourth-order valence-electron chi connectivity index (χ4n) is 3.88. The van der Waals surface area contributed by atoms with E-state index < -0.39 is 17.7 Å². The van der Waals surface area contributed by atoms with Crippen LogP contribution in [-0.2, 0) is 9.59 Å². The Kier molecular flexibility index (Phi) is 7.53. The predicted molar refractivity (Wildman–Crippen MR) is 123 cm³/mol. The van der Waals surface area contributed by atoms with E-state index in [1.54, 1.807) is 48.4 Å². The van der Waals surface area contributed by atoms with Crippen molar-refractivity contribution in [3.63, 3.8) is 0 Å². The number of likely N-dealkylation sites (tertiary alicyclic amines) is 1. The molecule has 2 aromatic carbocycles. The number of amides is 1. The Bertz CT molecular complexity index is 1010. The highest BCUT2D eigenvalue weighted by atomic mass is 16.5. The van der Waals surface area contributed by atoms with Crippen LogP contribution in [0.2, 0.25) is 0 Å². The largest absolute Gasteiger partial charge is 0.507 e. The topological polar surface area (TPSA) is 79.3 Å². The molecule has 3 rings (SSSR count). The van der Waals surface area contributed by atoms with Gasteiger partial charge in [0.15, 0.2) is 0 Å². The lowest BCUT2D eigenvalue weighted by Gasteiger charge is -2.26. The van der Waals surface area contributed by atoms with Crippen LogP contribution in [0.3, 0.4) is 0 Å². The zero-order chi connectivity index (χ0) is 23.3. The van der Waals surface area contributed by atoms with E-state index in [9.17, 15) is 14.7 Å². The molecule has 1 saturated heterocycles. The number of benzene rings is 2. The van der Waals surface area contributed by atoms with Crippen molar-refractivity contribution in [2.75, 3.05) is 40.9 Å². The summed E-state index contributed by atoms with van der Waals surface area (Å²) in [5.41, 5.74) is 1.20. The van der Waals surface area contributed by atoms with Crippen LogP contribution in [0.15, 0.2) is 54.1 Å². The van der Waals surface area contributed by atoms with Crippen molar-refractivity contribution in [3.8, 4) is 11.5 Å². The first-order chi connectivity index (χ1) is 15.4. The molecule has 1 N–H and O–H groups in total. The van der Waals surface area contributed by atoms with Gasteiger partial charge in [-0.15, -0.1) is 0 Å². The summed E-state index contributed by atoms with van der Waals surface area (Å²) in [7, 11) is 5.48. The molecule has 0 radical (unpaired) electrons. The highest BCUT2D eigenvalue weighted by Gasteiger charge is 2.45. The summed E-state index contributed by atoms with van der Waals surface area (Å²) < 4.78 is 10.9. The molecule has 1 heterocycles. The van der Waals surface area contributed by atoms with Crippen molar-refractivity contribution >= 4 is 17.4 Å². The maximum Gasteiger partial charge on any atom is 0.295 e. The lowest BCUT2D eigenvalue weighted by atomic mass is 9.95. The third kappa shape index (κ3) is 4.94. The van der Waals surface area contributed by atoms with Gasteiger partial charge in [-0.25, -0.2) is 0 Å². The van der Waals surface area contributed by atoms with E-state index in [1.807, 2.05) is 38.1 Å². The van der Waals surface area contributed by atoms with E-state index in [2.05, 4.69) is 0 Å². The first-order valence-electron chi connectivity index (χ1n) is 10.7. The first kappa shape index (κ1) is 23.3. The Morgan fingerprint density at radius 1 is 1.09 bits per heavy atom. The number of ketones is 1. The molecule has 1 aliphatic heterocycles. The van der Waals surface area contributed by atoms with E-state index >= 15 is 0 Å². The molecule has 1 aliphatic rings. The fraction of sp³-hybridized carbons (Fsp3) is 0.360. The number of aliphatic hydroxyl groups excluding tert-OH is 1. The molecule has 1 atom stereocenters. The molecule has 170 valence electrons. The summed E-state index contributed by atoms with van der Waals surface area (Å²) >= 11 is 0. The zero-order valence-corrected chi connectivity index (χ0v) is 19.0. The van der Waals surface area contributed by atoms with Gasteiger partial charge in [-0.2, -0.15) is 0 Å². The molecule has 0 saturated carbocycles. The number of ether oxygens (including phenoxy) is 2. The highest BCUT2D eigenvalue weighted by Crippen LogP contribution is 2.40. The minimum Gasteiger partial charge on any atom is -0.507 e. The van der Waals surface area contributed by atoms with Gasteiger partial charge in [-0.05, 0) is 63.8 Å². The number of carbonyl (C=O) groups is 2. The van der Waals surface area contributed by atoms with Gasteiger partial charge in [0, 0.05) is 12.1 Å². The van der Waals surface area contributed by atoms with Crippen LogP contribution >= 0.6 is 0 Å². The predicted octanol–water partition coefficient (Wildman–Crippen LogP) is 3.47. The molecule has 0 spiro atoms. The molecule has 1 fully saturated rings. The Morgan fingerprint density at radius 3 is 2.50 bits per heavy atom. The Labute approximate surface area is 188 Å². The van der Waals surface area contributed by atoms with Gasteiger partial charge in [0.2, 0.25) is 0 Å². The number of methoxy groups -OCH3 is 1. The minimum atomic E-state index is -0.706. The third-order valence-electron chi connectivity index (χ3n) is 5.37. The summed E-state index contributed by atoms with van der Waals surface area (Å²) in [6.07, 6.45) is 0.695. The second-order valence-corrected chi connectivity index (χ2v) is 7.89. The van der Waals surface area contributed by atoms with E-state index in [-0.39, 0.29) is 11.3 Å². The quantitative estimate of drug-likeness (QED) is 0.367. The highest BCUT2D eigenvalue weighted by molar-refractivity contribution is 6.46. The van der Waals surface area contributed by atoms with Gasteiger partial charge >= 0.3 is 0 Å². The van der Waals surface area contributed by atoms with Crippen molar-refractivity contribution < 1.29 is 24.2 Å². The van der Waals surface area contributed by atoms with E-state index in [1.165, 1.54) is 0 Å². The molecular formula is C25H30N2O5. The number of nitrogens with zero attached hydrogens (tertiary/aromatic N) is 2. The van der Waals surface area contributed by atoms with Crippen LogP contribution < -0.4 is 9.47 Å². The number of rotatable bonds is 9. The molecule has 7 nitrogen and oxygen atoms in total. The molecule has 32 heavy (non-hydrogen) atoms. The van der Waals surface area contributed by atoms with E-state index in [4.69, 9.17) is 9.47 Å². The van der Waals surface area contributed by atoms with Crippen molar-refractivity contribution in [1.29, 1.82) is 0 Å². The molecule has 0 aliphatic carbocycles. The second kappa shape index (κ2) is 10.3. The SMILES string of the molecule is CCOc1cccc(/C(O)=C2/C(=O)C(=O)N(CCCN(C)C)C2c2cccc(OC)c2)c1. The van der Waals surface area contributed by atoms with Crippen molar-refractivity contribution in [2.45, 2.75) is 19.4 Å². The number of Topliss-reactive ketones (excluding diaryl/α,β-unsaturated/α-hetero) is 1. The molecule has 2 aromatic rings. The molecule has 1 amide bonds.